The average molecular weight is 420 g/mol. The summed E-state index contributed by atoms with van der Waals surface area (Å²) in [6.45, 7) is 8.25. The Bertz CT molecular complexity index is 1050. The number of rotatable bonds is 5. The summed E-state index contributed by atoms with van der Waals surface area (Å²) in [4.78, 5) is 25.8. The lowest BCUT2D eigenvalue weighted by Gasteiger charge is -2.19. The van der Waals surface area contributed by atoms with Gasteiger partial charge >= 0.3 is 0 Å². The van der Waals surface area contributed by atoms with Crippen molar-refractivity contribution in [2.24, 2.45) is 5.10 Å². The van der Waals surface area contributed by atoms with Crippen LogP contribution in [0.3, 0.4) is 0 Å². The van der Waals surface area contributed by atoms with Crippen LogP contribution >= 0.6 is 11.3 Å². The summed E-state index contributed by atoms with van der Waals surface area (Å²) in [5, 5.41) is 8.95. The molecule has 1 heterocycles. The molecular weight excluding hydrogens is 394 g/mol. The molecule has 2 N–H and O–H groups in total. The molecule has 0 aliphatic rings. The zero-order valence-corrected chi connectivity index (χ0v) is 18.3. The Hall–Kier alpha value is -3.25. The number of benzene rings is 2. The van der Waals surface area contributed by atoms with Gasteiger partial charge < -0.3 is 5.32 Å². The first-order valence-corrected chi connectivity index (χ1v) is 10.5. The molecule has 3 aromatic rings. The van der Waals surface area contributed by atoms with Gasteiger partial charge in [0.15, 0.2) is 0 Å². The van der Waals surface area contributed by atoms with Crippen LogP contribution in [0.2, 0.25) is 0 Å². The van der Waals surface area contributed by atoms with E-state index in [-0.39, 0.29) is 17.2 Å². The van der Waals surface area contributed by atoms with Crippen molar-refractivity contribution in [3.8, 4) is 0 Å². The molecular formula is C24H25N3O2S. The van der Waals surface area contributed by atoms with E-state index < -0.39 is 0 Å². The van der Waals surface area contributed by atoms with E-state index in [4.69, 9.17) is 0 Å². The highest BCUT2D eigenvalue weighted by Gasteiger charge is 2.14. The fourth-order valence-electron chi connectivity index (χ4n) is 2.77. The second-order valence-corrected chi connectivity index (χ2v) is 8.92. The van der Waals surface area contributed by atoms with Crippen LogP contribution in [-0.2, 0) is 5.41 Å². The SMILES string of the molecule is CC(=NNC(=O)c1ccc(NC(=O)c2ccc(C(C)(C)C)cc2)cc1)c1cccs1. The third-order valence-corrected chi connectivity index (χ3v) is 5.60. The molecule has 6 heteroatoms. The Morgan fingerprint density at radius 1 is 0.867 bits per heavy atom. The van der Waals surface area contributed by atoms with Gasteiger partial charge in [0.1, 0.15) is 0 Å². The predicted octanol–water partition coefficient (Wildman–Crippen LogP) is 5.45. The Morgan fingerprint density at radius 2 is 1.47 bits per heavy atom. The maximum Gasteiger partial charge on any atom is 0.271 e. The van der Waals surface area contributed by atoms with Crippen LogP contribution < -0.4 is 10.7 Å². The number of anilines is 1. The number of hydrogen-bond acceptors (Lipinski definition) is 4. The van der Waals surface area contributed by atoms with Crippen molar-refractivity contribution in [1.82, 2.24) is 5.43 Å². The van der Waals surface area contributed by atoms with Gasteiger partial charge in [0.2, 0.25) is 0 Å². The van der Waals surface area contributed by atoms with Crippen LogP contribution in [0.4, 0.5) is 5.69 Å². The van der Waals surface area contributed by atoms with E-state index in [0.29, 0.717) is 16.8 Å². The van der Waals surface area contributed by atoms with Crippen molar-refractivity contribution in [2.75, 3.05) is 5.32 Å². The summed E-state index contributed by atoms with van der Waals surface area (Å²) in [5.41, 5.74) is 6.19. The van der Waals surface area contributed by atoms with E-state index >= 15 is 0 Å². The minimum atomic E-state index is -0.304. The first kappa shape index (κ1) is 21.5. The number of nitrogens with one attached hydrogen (secondary N) is 2. The van der Waals surface area contributed by atoms with Crippen LogP contribution in [-0.4, -0.2) is 17.5 Å². The van der Waals surface area contributed by atoms with E-state index in [1.807, 2.05) is 48.7 Å². The number of carbonyl (C=O) groups is 2. The van der Waals surface area contributed by atoms with Crippen LogP contribution in [0.15, 0.2) is 71.1 Å². The van der Waals surface area contributed by atoms with Crippen molar-refractivity contribution in [3.63, 3.8) is 0 Å². The van der Waals surface area contributed by atoms with Gasteiger partial charge in [0, 0.05) is 21.7 Å². The van der Waals surface area contributed by atoms with Gasteiger partial charge in [0.05, 0.1) is 5.71 Å². The summed E-state index contributed by atoms with van der Waals surface area (Å²) in [5.74, 6) is -0.495. The van der Waals surface area contributed by atoms with E-state index in [2.05, 4.69) is 36.6 Å². The van der Waals surface area contributed by atoms with E-state index in [0.717, 1.165) is 10.6 Å². The Kier molecular flexibility index (Phi) is 6.47. The van der Waals surface area contributed by atoms with Crippen molar-refractivity contribution in [1.29, 1.82) is 0 Å². The normalized spacial score (nSPS) is 11.8. The molecule has 0 spiro atoms. The zero-order chi connectivity index (χ0) is 21.7. The maximum atomic E-state index is 12.5. The van der Waals surface area contributed by atoms with E-state index in [1.54, 1.807) is 35.6 Å². The molecule has 2 amide bonds. The second kappa shape index (κ2) is 9.05. The lowest BCUT2D eigenvalue weighted by Crippen LogP contribution is -2.19. The Morgan fingerprint density at radius 3 is 2.03 bits per heavy atom. The molecule has 0 atom stereocenters. The van der Waals surface area contributed by atoms with Gasteiger partial charge in [-0.1, -0.05) is 39.0 Å². The highest BCUT2D eigenvalue weighted by molar-refractivity contribution is 7.12. The highest BCUT2D eigenvalue weighted by atomic mass is 32.1. The fourth-order valence-corrected chi connectivity index (χ4v) is 3.45. The van der Waals surface area contributed by atoms with Crippen molar-refractivity contribution in [3.05, 3.63) is 87.6 Å². The van der Waals surface area contributed by atoms with E-state index in [9.17, 15) is 9.59 Å². The van der Waals surface area contributed by atoms with Crippen LogP contribution in [0.5, 0.6) is 0 Å². The lowest BCUT2D eigenvalue weighted by molar-refractivity contribution is 0.0954. The molecule has 0 saturated carbocycles. The standard InChI is InChI=1S/C24H25N3O2S/c1-16(21-6-5-15-30-21)26-27-23(29)18-9-13-20(14-10-18)25-22(28)17-7-11-19(12-8-17)24(2,3)4/h5-15H,1-4H3,(H,25,28)(H,27,29). The molecule has 154 valence electrons. The first-order chi connectivity index (χ1) is 14.2. The summed E-state index contributed by atoms with van der Waals surface area (Å²) in [7, 11) is 0. The molecule has 0 aliphatic heterocycles. The van der Waals surface area contributed by atoms with Gasteiger partial charge in [-0.25, -0.2) is 5.43 Å². The minimum absolute atomic E-state index is 0.0395. The molecule has 0 aliphatic carbocycles. The number of nitrogens with zero attached hydrogens (tertiary/aromatic N) is 1. The molecule has 0 radical (unpaired) electrons. The highest BCUT2D eigenvalue weighted by Crippen LogP contribution is 2.22. The van der Waals surface area contributed by atoms with Crippen LogP contribution in [0.25, 0.3) is 0 Å². The largest absolute Gasteiger partial charge is 0.322 e. The first-order valence-electron chi connectivity index (χ1n) is 9.64. The minimum Gasteiger partial charge on any atom is -0.322 e. The molecule has 0 bridgehead atoms. The van der Waals surface area contributed by atoms with Gasteiger partial charge in [-0.3, -0.25) is 9.59 Å². The van der Waals surface area contributed by atoms with Crippen molar-refractivity contribution >= 4 is 34.6 Å². The van der Waals surface area contributed by atoms with Gasteiger partial charge in [-0.05, 0) is 65.7 Å². The van der Waals surface area contributed by atoms with Crippen molar-refractivity contribution in [2.45, 2.75) is 33.1 Å². The quantitative estimate of drug-likeness (QED) is 0.426. The smallest absolute Gasteiger partial charge is 0.271 e. The summed E-state index contributed by atoms with van der Waals surface area (Å²) >= 11 is 1.56. The predicted molar refractivity (Wildman–Crippen MR) is 124 cm³/mol. The lowest BCUT2D eigenvalue weighted by atomic mass is 9.87. The number of hydrogen-bond donors (Lipinski definition) is 2. The van der Waals surface area contributed by atoms with Gasteiger partial charge in [-0.2, -0.15) is 5.10 Å². The zero-order valence-electron chi connectivity index (χ0n) is 17.5. The molecule has 3 rings (SSSR count). The summed E-state index contributed by atoms with van der Waals surface area (Å²) in [6.07, 6.45) is 0. The third kappa shape index (κ3) is 5.42. The maximum absolute atomic E-state index is 12.5. The Balaban J connectivity index is 1.60. The number of thiophene rings is 1. The number of carbonyl (C=O) groups excluding carboxylic acids is 2. The second-order valence-electron chi connectivity index (χ2n) is 7.97. The Labute approximate surface area is 180 Å². The molecule has 1 aromatic heterocycles. The third-order valence-electron chi connectivity index (χ3n) is 4.62. The van der Waals surface area contributed by atoms with Gasteiger partial charge in [-0.15, -0.1) is 11.3 Å². The van der Waals surface area contributed by atoms with E-state index in [1.165, 1.54) is 5.56 Å². The molecule has 30 heavy (non-hydrogen) atoms. The molecule has 0 saturated heterocycles. The van der Waals surface area contributed by atoms with Crippen LogP contribution in [0, 0.1) is 0 Å². The average Bonchev–Trinajstić information content (AvgIpc) is 3.27. The van der Waals surface area contributed by atoms with Crippen molar-refractivity contribution < 1.29 is 9.59 Å². The van der Waals surface area contributed by atoms with Gasteiger partial charge in [0.25, 0.3) is 11.8 Å². The fraction of sp³-hybridized carbons (Fsp3) is 0.208. The summed E-state index contributed by atoms with van der Waals surface area (Å²) < 4.78 is 0. The number of amides is 2. The monoisotopic (exact) mass is 419 g/mol. The topological polar surface area (TPSA) is 70.6 Å². The molecule has 0 unspecified atom stereocenters. The van der Waals surface area contributed by atoms with Crippen LogP contribution in [0.1, 0.15) is 58.9 Å². The molecule has 5 nitrogen and oxygen atoms in total. The number of hydrazone groups is 1. The molecule has 0 fully saturated rings. The molecule has 2 aromatic carbocycles. The summed E-state index contributed by atoms with van der Waals surface area (Å²) in [6, 6.07) is 18.2.